The van der Waals surface area contributed by atoms with Crippen molar-refractivity contribution >= 4 is 55.1 Å². The number of nitrogens with two attached hydrogens (primary N) is 4. The summed E-state index contributed by atoms with van der Waals surface area (Å²) in [5, 5.41) is 6.07. The molecule has 0 fully saturated rings. The Morgan fingerprint density at radius 3 is 2.15 bits per heavy atom. The van der Waals surface area contributed by atoms with Crippen molar-refractivity contribution in [1.82, 2.24) is 0 Å². The number of hydrogen-bond acceptors (Lipinski definition) is 4. The summed E-state index contributed by atoms with van der Waals surface area (Å²) in [6.45, 7) is 0. The molecule has 4 aromatic carbocycles. The van der Waals surface area contributed by atoms with Crippen LogP contribution in [-0.2, 0) is 0 Å². The summed E-state index contributed by atoms with van der Waals surface area (Å²) < 4.78 is 0. The fraction of sp³-hybridized carbons (Fsp3) is 0. The van der Waals surface area contributed by atoms with Crippen LogP contribution in [0.4, 0.5) is 22.7 Å². The lowest BCUT2D eigenvalue weighted by Crippen LogP contribution is -2.04. The Hall–Kier alpha value is -2.88. The lowest BCUT2D eigenvalue weighted by molar-refractivity contribution is 1.71. The molecule has 0 aliphatic carbocycles. The normalized spacial score (nSPS) is 11.8. The molecule has 0 saturated heterocycles. The fourth-order valence-corrected chi connectivity index (χ4v) is 3.11. The summed E-state index contributed by atoms with van der Waals surface area (Å²) in [6.07, 6.45) is 0. The average molecular weight is 262 g/mol. The van der Waals surface area contributed by atoms with Crippen LogP contribution in [0.15, 0.2) is 36.4 Å². The summed E-state index contributed by atoms with van der Waals surface area (Å²) in [5.74, 6) is 0. The van der Waals surface area contributed by atoms with E-state index < -0.39 is 0 Å². The van der Waals surface area contributed by atoms with Gasteiger partial charge in [-0.1, -0.05) is 30.3 Å². The zero-order valence-electron chi connectivity index (χ0n) is 10.8. The number of nitrogen functional groups attached to an aromatic ring is 4. The second kappa shape index (κ2) is 3.36. The zero-order chi connectivity index (χ0) is 14.0. The Bertz CT molecular complexity index is 988. The SMILES string of the molecule is Nc1c(N)c2ccc3cccc4cc(N)c(c1N)c2c34. The molecule has 20 heavy (non-hydrogen) atoms. The maximum Gasteiger partial charge on any atom is 0.0795 e. The summed E-state index contributed by atoms with van der Waals surface area (Å²) in [7, 11) is 0. The Morgan fingerprint density at radius 2 is 1.35 bits per heavy atom. The molecule has 0 unspecified atom stereocenters. The summed E-state index contributed by atoms with van der Waals surface area (Å²) in [6, 6.07) is 12.1. The van der Waals surface area contributed by atoms with E-state index in [2.05, 4.69) is 6.07 Å². The number of hydrogen-bond donors (Lipinski definition) is 4. The van der Waals surface area contributed by atoms with E-state index in [1.165, 1.54) is 0 Å². The van der Waals surface area contributed by atoms with Gasteiger partial charge in [-0.25, -0.2) is 0 Å². The quantitative estimate of drug-likeness (QED) is 0.289. The molecule has 4 nitrogen and oxygen atoms in total. The number of benzene rings is 4. The minimum atomic E-state index is 0.405. The first-order valence-corrected chi connectivity index (χ1v) is 6.39. The second-order valence-corrected chi connectivity index (χ2v) is 5.15. The molecule has 0 aliphatic heterocycles. The third-order valence-corrected chi connectivity index (χ3v) is 4.07. The van der Waals surface area contributed by atoms with E-state index in [1.807, 2.05) is 30.3 Å². The molecule has 0 bridgehead atoms. The Kier molecular flexibility index (Phi) is 1.85. The molecule has 0 atom stereocenters. The van der Waals surface area contributed by atoms with Crippen LogP contribution < -0.4 is 22.9 Å². The van der Waals surface area contributed by atoms with Crippen LogP contribution in [0.25, 0.3) is 32.3 Å². The average Bonchev–Trinajstić information content (AvgIpc) is 2.44. The van der Waals surface area contributed by atoms with Gasteiger partial charge in [0.25, 0.3) is 0 Å². The largest absolute Gasteiger partial charge is 0.398 e. The molecule has 0 amide bonds. The second-order valence-electron chi connectivity index (χ2n) is 5.15. The van der Waals surface area contributed by atoms with E-state index >= 15 is 0 Å². The van der Waals surface area contributed by atoms with Gasteiger partial charge in [0.05, 0.1) is 17.1 Å². The topological polar surface area (TPSA) is 104 Å². The van der Waals surface area contributed by atoms with Crippen molar-refractivity contribution in [2.45, 2.75) is 0 Å². The van der Waals surface area contributed by atoms with E-state index in [0.717, 1.165) is 32.3 Å². The third-order valence-electron chi connectivity index (χ3n) is 4.07. The molecule has 8 N–H and O–H groups in total. The van der Waals surface area contributed by atoms with E-state index in [1.54, 1.807) is 0 Å². The summed E-state index contributed by atoms with van der Waals surface area (Å²) in [5.41, 5.74) is 26.5. The molecule has 0 aromatic heterocycles. The van der Waals surface area contributed by atoms with E-state index in [4.69, 9.17) is 22.9 Å². The van der Waals surface area contributed by atoms with Crippen LogP contribution in [0.3, 0.4) is 0 Å². The molecule has 0 saturated carbocycles. The smallest absolute Gasteiger partial charge is 0.0795 e. The van der Waals surface area contributed by atoms with Crippen LogP contribution in [0.2, 0.25) is 0 Å². The van der Waals surface area contributed by atoms with Crippen molar-refractivity contribution < 1.29 is 0 Å². The van der Waals surface area contributed by atoms with Crippen LogP contribution in [0.1, 0.15) is 0 Å². The van der Waals surface area contributed by atoms with Gasteiger partial charge < -0.3 is 22.9 Å². The van der Waals surface area contributed by atoms with Crippen molar-refractivity contribution in [3.8, 4) is 0 Å². The van der Waals surface area contributed by atoms with Gasteiger partial charge in [-0.05, 0) is 22.2 Å². The maximum absolute atomic E-state index is 6.18. The highest BCUT2D eigenvalue weighted by molar-refractivity contribution is 6.32. The van der Waals surface area contributed by atoms with Gasteiger partial charge in [0.15, 0.2) is 0 Å². The minimum absolute atomic E-state index is 0.405. The van der Waals surface area contributed by atoms with Crippen molar-refractivity contribution in [1.29, 1.82) is 0 Å². The van der Waals surface area contributed by atoms with Crippen molar-refractivity contribution in [2.24, 2.45) is 0 Å². The number of rotatable bonds is 0. The molecule has 4 rings (SSSR count). The molecule has 4 heteroatoms. The van der Waals surface area contributed by atoms with Gasteiger partial charge >= 0.3 is 0 Å². The molecule has 0 radical (unpaired) electrons. The molecular weight excluding hydrogens is 248 g/mol. The van der Waals surface area contributed by atoms with Crippen LogP contribution in [-0.4, -0.2) is 0 Å². The van der Waals surface area contributed by atoms with Gasteiger partial charge in [0.2, 0.25) is 0 Å². The number of anilines is 4. The van der Waals surface area contributed by atoms with Gasteiger partial charge in [0.1, 0.15) is 0 Å². The molecule has 98 valence electrons. The first-order chi connectivity index (χ1) is 9.59. The molecule has 0 heterocycles. The fourth-order valence-electron chi connectivity index (χ4n) is 3.11. The summed E-state index contributed by atoms with van der Waals surface area (Å²) in [4.78, 5) is 0. The Balaban J connectivity index is 2.50. The predicted molar refractivity (Wildman–Crippen MR) is 87.8 cm³/mol. The lowest BCUT2D eigenvalue weighted by atomic mass is 9.91. The highest BCUT2D eigenvalue weighted by Gasteiger charge is 2.17. The van der Waals surface area contributed by atoms with Gasteiger partial charge in [-0.15, -0.1) is 0 Å². The highest BCUT2D eigenvalue weighted by Crippen LogP contribution is 2.45. The lowest BCUT2D eigenvalue weighted by Gasteiger charge is -2.17. The molecule has 0 aliphatic rings. The van der Waals surface area contributed by atoms with Crippen molar-refractivity contribution in [2.75, 3.05) is 22.9 Å². The van der Waals surface area contributed by atoms with Gasteiger partial charge in [-0.2, -0.15) is 0 Å². The van der Waals surface area contributed by atoms with Crippen molar-refractivity contribution in [3.05, 3.63) is 36.4 Å². The van der Waals surface area contributed by atoms with E-state index in [-0.39, 0.29) is 0 Å². The third kappa shape index (κ3) is 1.11. The highest BCUT2D eigenvalue weighted by atomic mass is 14.7. The van der Waals surface area contributed by atoms with Crippen LogP contribution >= 0.6 is 0 Å². The monoisotopic (exact) mass is 262 g/mol. The Morgan fingerprint density at radius 1 is 0.600 bits per heavy atom. The predicted octanol–water partition coefficient (Wildman–Crippen LogP) is 2.91. The van der Waals surface area contributed by atoms with E-state index in [9.17, 15) is 0 Å². The van der Waals surface area contributed by atoms with Crippen LogP contribution in [0.5, 0.6) is 0 Å². The van der Waals surface area contributed by atoms with Gasteiger partial charge in [0, 0.05) is 21.8 Å². The Labute approximate surface area is 115 Å². The first kappa shape index (κ1) is 11.0. The van der Waals surface area contributed by atoms with E-state index in [0.29, 0.717) is 22.7 Å². The first-order valence-electron chi connectivity index (χ1n) is 6.39. The molecule has 0 spiro atoms. The molecular formula is C16H14N4. The minimum Gasteiger partial charge on any atom is -0.398 e. The van der Waals surface area contributed by atoms with Gasteiger partial charge in [-0.3, -0.25) is 0 Å². The summed E-state index contributed by atoms with van der Waals surface area (Å²) >= 11 is 0. The van der Waals surface area contributed by atoms with Crippen LogP contribution in [0, 0.1) is 0 Å². The standard InChI is InChI=1S/C16H14N4/c17-10-6-8-3-1-2-7-4-5-9-12(11(7)8)13(10)15(19)16(20)14(9)18/h1-6H,17-20H2. The van der Waals surface area contributed by atoms with Crippen molar-refractivity contribution in [3.63, 3.8) is 0 Å². The molecule has 4 aromatic rings. The zero-order valence-corrected chi connectivity index (χ0v) is 10.8. The maximum atomic E-state index is 6.18.